The van der Waals surface area contributed by atoms with Gasteiger partial charge < -0.3 is 0 Å². The van der Waals surface area contributed by atoms with Gasteiger partial charge in [0.05, 0.1) is 0 Å². The van der Waals surface area contributed by atoms with Gasteiger partial charge in [0.25, 0.3) is 0 Å². The molecule has 88 valence electrons. The maximum absolute atomic E-state index is 5.53. The summed E-state index contributed by atoms with van der Waals surface area (Å²) in [4.78, 5) is 0. The van der Waals surface area contributed by atoms with Crippen molar-refractivity contribution in [3.8, 4) is 0 Å². The molecule has 0 unspecified atom stereocenters. The molecule has 1 nitrogen and oxygen atoms in total. The molecule has 0 bridgehead atoms. The van der Waals surface area contributed by atoms with Gasteiger partial charge in [-0.25, -0.2) is 0 Å². The zero-order valence-corrected chi connectivity index (χ0v) is 11.9. The van der Waals surface area contributed by atoms with E-state index in [1.807, 2.05) is 0 Å². The summed E-state index contributed by atoms with van der Waals surface area (Å²) in [6.07, 6.45) is 12.6. The van der Waals surface area contributed by atoms with Gasteiger partial charge in [-0.3, -0.25) is 0 Å². The van der Waals surface area contributed by atoms with Crippen LogP contribution in [-0.2, 0) is 3.79 Å². The molecule has 0 aliphatic carbocycles. The van der Waals surface area contributed by atoms with Gasteiger partial charge in [0.1, 0.15) is 0 Å². The Balaban J connectivity index is 2.81. The van der Waals surface area contributed by atoms with E-state index in [1.165, 1.54) is 63.1 Å². The molecule has 0 aromatic rings. The van der Waals surface area contributed by atoms with Gasteiger partial charge in [0.2, 0.25) is 0 Å². The summed E-state index contributed by atoms with van der Waals surface area (Å²) in [5.74, 6) is 0. The summed E-state index contributed by atoms with van der Waals surface area (Å²) < 4.78 is 5.53. The van der Waals surface area contributed by atoms with Gasteiger partial charge in [0.15, 0.2) is 0 Å². The molecular formula is C13H28AlO+. The molecule has 0 saturated carbocycles. The molecular weight excluding hydrogens is 199 g/mol. The first-order valence-electron chi connectivity index (χ1n) is 6.85. The van der Waals surface area contributed by atoms with E-state index in [0.29, 0.717) is 15.6 Å². The van der Waals surface area contributed by atoms with Crippen LogP contribution in [0.4, 0.5) is 0 Å². The van der Waals surface area contributed by atoms with Crippen LogP contribution >= 0.6 is 0 Å². The van der Waals surface area contributed by atoms with Crippen LogP contribution in [0, 0.1) is 0 Å². The number of hydrogen-bond donors (Lipinski definition) is 0. The zero-order valence-electron chi connectivity index (χ0n) is 10.8. The Morgan fingerprint density at radius 2 is 1.33 bits per heavy atom. The Labute approximate surface area is 103 Å². The van der Waals surface area contributed by atoms with Crippen LogP contribution in [0.1, 0.15) is 71.6 Å². The SMILES string of the molecule is CCCCCCCCC[CH2][Al+][O]CCC. The van der Waals surface area contributed by atoms with E-state index in [9.17, 15) is 0 Å². The fraction of sp³-hybridized carbons (Fsp3) is 1.00. The van der Waals surface area contributed by atoms with Crippen molar-refractivity contribution < 1.29 is 3.79 Å². The Kier molecular flexibility index (Phi) is 15.0. The summed E-state index contributed by atoms with van der Waals surface area (Å²) in [7, 11) is 0. The first kappa shape index (κ1) is 15.5. The van der Waals surface area contributed by atoms with Gasteiger partial charge in [-0.15, -0.1) is 0 Å². The average Bonchev–Trinajstić information content (AvgIpc) is 2.26. The topological polar surface area (TPSA) is 9.23 Å². The summed E-state index contributed by atoms with van der Waals surface area (Å²) in [5.41, 5.74) is 0. The van der Waals surface area contributed by atoms with Crippen molar-refractivity contribution in [2.24, 2.45) is 0 Å². The third kappa shape index (κ3) is 14.5. The van der Waals surface area contributed by atoms with Gasteiger partial charge in [-0.2, -0.15) is 0 Å². The number of hydrogen-bond acceptors (Lipinski definition) is 1. The second-order valence-electron chi connectivity index (χ2n) is 4.30. The third-order valence-electron chi connectivity index (χ3n) is 2.62. The molecule has 0 heterocycles. The summed E-state index contributed by atoms with van der Waals surface area (Å²) >= 11 is 0.302. The van der Waals surface area contributed by atoms with E-state index in [2.05, 4.69) is 13.8 Å². The molecule has 0 N–H and O–H groups in total. The number of rotatable bonds is 12. The summed E-state index contributed by atoms with van der Waals surface area (Å²) in [6.45, 7) is 5.43. The molecule has 2 heteroatoms. The van der Waals surface area contributed by atoms with Crippen LogP contribution < -0.4 is 0 Å². The molecule has 15 heavy (non-hydrogen) atoms. The Bertz CT molecular complexity index is 94.7. The monoisotopic (exact) mass is 227 g/mol. The van der Waals surface area contributed by atoms with Crippen molar-refractivity contribution in [2.45, 2.75) is 76.9 Å². The second kappa shape index (κ2) is 14.5. The van der Waals surface area contributed by atoms with Crippen molar-refractivity contribution >= 4 is 15.6 Å². The van der Waals surface area contributed by atoms with Crippen LogP contribution in [0.3, 0.4) is 0 Å². The van der Waals surface area contributed by atoms with Gasteiger partial charge in [0, 0.05) is 0 Å². The minimum atomic E-state index is 0.302. The van der Waals surface area contributed by atoms with Crippen molar-refractivity contribution in [2.75, 3.05) is 6.61 Å². The summed E-state index contributed by atoms with van der Waals surface area (Å²) in [6, 6.07) is 0. The van der Waals surface area contributed by atoms with E-state index < -0.39 is 0 Å². The number of unbranched alkanes of at least 4 members (excludes halogenated alkanes) is 7. The minimum absolute atomic E-state index is 0.302. The fourth-order valence-corrected chi connectivity index (χ4v) is 2.67. The van der Waals surface area contributed by atoms with E-state index in [0.717, 1.165) is 6.61 Å². The molecule has 0 aromatic carbocycles. The zero-order chi connectivity index (χ0) is 11.2. The van der Waals surface area contributed by atoms with Crippen LogP contribution in [-0.4, -0.2) is 22.2 Å². The van der Waals surface area contributed by atoms with Gasteiger partial charge >= 0.3 is 103 Å². The molecule has 0 aromatic heterocycles. The molecule has 0 radical (unpaired) electrons. The molecule has 0 aliphatic heterocycles. The standard InChI is InChI=1S/C10H21.C3H7O.Al/c1-3-5-7-9-10-8-6-4-2;1-2-3-4;/h1,3-10H2,2H3;2-3H2,1H3;/q;-1;+2. The molecule has 0 saturated heterocycles. The van der Waals surface area contributed by atoms with Crippen LogP contribution in [0.15, 0.2) is 0 Å². The molecule has 0 amide bonds. The quantitative estimate of drug-likeness (QED) is 0.350. The Morgan fingerprint density at radius 3 is 1.93 bits per heavy atom. The van der Waals surface area contributed by atoms with Gasteiger partial charge in [-0.1, -0.05) is 0 Å². The molecule has 0 spiro atoms. The van der Waals surface area contributed by atoms with Crippen molar-refractivity contribution in [1.29, 1.82) is 0 Å². The first-order valence-corrected chi connectivity index (χ1v) is 8.13. The second-order valence-corrected chi connectivity index (χ2v) is 5.55. The first-order chi connectivity index (χ1) is 7.41. The van der Waals surface area contributed by atoms with E-state index in [4.69, 9.17) is 3.79 Å². The maximum atomic E-state index is 5.53. The molecule has 0 fully saturated rings. The average molecular weight is 227 g/mol. The fourth-order valence-electron chi connectivity index (χ4n) is 1.65. The predicted octanol–water partition coefficient (Wildman–Crippen LogP) is 4.59. The predicted molar refractivity (Wildman–Crippen MR) is 69.4 cm³/mol. The normalized spacial score (nSPS) is 10.3. The molecule has 0 rings (SSSR count). The van der Waals surface area contributed by atoms with Crippen LogP contribution in [0.5, 0.6) is 0 Å². The molecule has 0 atom stereocenters. The van der Waals surface area contributed by atoms with Crippen LogP contribution in [0.25, 0.3) is 0 Å². The van der Waals surface area contributed by atoms with Crippen molar-refractivity contribution in [3.63, 3.8) is 0 Å². The van der Waals surface area contributed by atoms with Crippen LogP contribution in [0.2, 0.25) is 5.28 Å². The van der Waals surface area contributed by atoms with Crippen molar-refractivity contribution in [3.05, 3.63) is 0 Å². The van der Waals surface area contributed by atoms with E-state index >= 15 is 0 Å². The molecule has 0 aliphatic rings. The Morgan fingerprint density at radius 1 is 0.733 bits per heavy atom. The summed E-state index contributed by atoms with van der Waals surface area (Å²) in [5, 5.41) is 1.34. The van der Waals surface area contributed by atoms with Gasteiger partial charge in [-0.05, 0) is 0 Å². The van der Waals surface area contributed by atoms with Crippen molar-refractivity contribution in [1.82, 2.24) is 0 Å². The third-order valence-corrected chi connectivity index (χ3v) is 3.73. The Hall–Kier alpha value is 0.492. The van der Waals surface area contributed by atoms with E-state index in [-0.39, 0.29) is 0 Å². The van der Waals surface area contributed by atoms with E-state index in [1.54, 1.807) is 0 Å².